The molecule has 2 aliphatic rings. The van der Waals surface area contributed by atoms with Crippen molar-refractivity contribution in [3.05, 3.63) is 29.8 Å². The van der Waals surface area contributed by atoms with Gasteiger partial charge in [-0.1, -0.05) is 20.8 Å². The number of hydrogen-bond acceptors (Lipinski definition) is 5. The fourth-order valence-electron chi connectivity index (χ4n) is 5.81. The molecule has 2 amide bonds. The lowest BCUT2D eigenvalue weighted by molar-refractivity contribution is -0.139. The number of sulfonamides is 1. The van der Waals surface area contributed by atoms with E-state index in [-0.39, 0.29) is 47.8 Å². The molecule has 0 radical (unpaired) electrons. The van der Waals surface area contributed by atoms with Crippen LogP contribution in [-0.4, -0.2) is 65.9 Å². The van der Waals surface area contributed by atoms with Crippen molar-refractivity contribution >= 4 is 22.0 Å². The van der Waals surface area contributed by atoms with Gasteiger partial charge in [-0.05, 0) is 81.5 Å². The number of halogens is 3. The first-order valence-electron chi connectivity index (χ1n) is 13.2. The molecule has 0 aromatic heterocycles. The summed E-state index contributed by atoms with van der Waals surface area (Å²) in [6.07, 6.45) is -3.81. The van der Waals surface area contributed by atoms with Crippen LogP contribution < -0.4 is 5.32 Å². The van der Waals surface area contributed by atoms with Gasteiger partial charge in [-0.2, -0.15) is 17.5 Å². The number of carbonyl (C=O) groups is 2. The lowest BCUT2D eigenvalue weighted by Gasteiger charge is -2.36. The molecular weight excluding hydrogens is 535 g/mol. The summed E-state index contributed by atoms with van der Waals surface area (Å²) in [7, 11) is -3.96. The number of amides is 2. The molecule has 1 heterocycles. The highest BCUT2D eigenvalue weighted by Gasteiger charge is 2.47. The lowest BCUT2D eigenvalue weighted by atomic mass is 9.83. The monoisotopic (exact) mass is 575 g/mol. The van der Waals surface area contributed by atoms with Crippen LogP contribution >= 0.6 is 0 Å². The Balaban J connectivity index is 1.72. The van der Waals surface area contributed by atoms with Crippen LogP contribution in [0.25, 0.3) is 0 Å². The van der Waals surface area contributed by atoms with Crippen molar-refractivity contribution in [1.29, 1.82) is 0 Å². The Kier molecular flexibility index (Phi) is 8.85. The predicted molar refractivity (Wildman–Crippen MR) is 140 cm³/mol. The SMILES string of the molecule is CC(C)(C)C[C@@H](CN[C@H]1CC[C@@H]2CN(S(=O)(=O)c3ccc(C(F)(F)F)cc3)C[C@@H]21)C(=O)N(C(=O)O)C(C)(C)C. The second-order valence-electron chi connectivity index (χ2n) is 12.9. The van der Waals surface area contributed by atoms with Crippen LogP contribution in [0, 0.1) is 23.2 Å². The van der Waals surface area contributed by atoms with Crippen LogP contribution in [0.2, 0.25) is 0 Å². The first-order valence-corrected chi connectivity index (χ1v) is 14.6. The van der Waals surface area contributed by atoms with Crippen molar-refractivity contribution < 1.29 is 36.3 Å². The molecule has 1 saturated carbocycles. The topological polar surface area (TPSA) is 107 Å². The maximum atomic E-state index is 13.4. The van der Waals surface area contributed by atoms with Crippen LogP contribution in [-0.2, 0) is 21.0 Å². The van der Waals surface area contributed by atoms with E-state index in [9.17, 15) is 36.3 Å². The molecular formula is C27H40F3N3O5S. The highest BCUT2D eigenvalue weighted by atomic mass is 32.2. The minimum Gasteiger partial charge on any atom is -0.465 e. The van der Waals surface area contributed by atoms with Crippen molar-refractivity contribution in [2.45, 2.75) is 83.5 Å². The van der Waals surface area contributed by atoms with E-state index in [2.05, 4.69) is 5.32 Å². The quantitative estimate of drug-likeness (QED) is 0.471. The van der Waals surface area contributed by atoms with Gasteiger partial charge < -0.3 is 10.4 Å². The van der Waals surface area contributed by atoms with Gasteiger partial charge >= 0.3 is 12.3 Å². The summed E-state index contributed by atoms with van der Waals surface area (Å²) in [5, 5.41) is 13.2. The fourth-order valence-corrected chi connectivity index (χ4v) is 7.35. The third-order valence-corrected chi connectivity index (χ3v) is 9.41. The van der Waals surface area contributed by atoms with Crippen molar-refractivity contribution in [3.8, 4) is 0 Å². The summed E-state index contributed by atoms with van der Waals surface area (Å²) in [6.45, 7) is 11.8. The molecule has 1 aromatic rings. The summed E-state index contributed by atoms with van der Waals surface area (Å²) in [6, 6.07) is 3.48. The van der Waals surface area contributed by atoms with E-state index in [4.69, 9.17) is 0 Å². The van der Waals surface area contributed by atoms with E-state index in [1.807, 2.05) is 20.8 Å². The van der Waals surface area contributed by atoms with Gasteiger partial charge in [-0.15, -0.1) is 0 Å². The van der Waals surface area contributed by atoms with Crippen LogP contribution in [0.15, 0.2) is 29.2 Å². The minimum absolute atomic E-state index is 0.0159. The van der Waals surface area contributed by atoms with Crippen molar-refractivity contribution in [1.82, 2.24) is 14.5 Å². The molecule has 1 aromatic carbocycles. The normalized spacial score (nSPS) is 23.5. The van der Waals surface area contributed by atoms with Crippen LogP contribution in [0.3, 0.4) is 0 Å². The second-order valence-corrected chi connectivity index (χ2v) is 14.9. The molecule has 220 valence electrons. The summed E-state index contributed by atoms with van der Waals surface area (Å²) in [4.78, 5) is 26.1. The zero-order chi connectivity index (χ0) is 29.6. The number of alkyl halides is 3. The average molecular weight is 576 g/mol. The Morgan fingerprint density at radius 1 is 1.05 bits per heavy atom. The third-order valence-electron chi connectivity index (χ3n) is 7.56. The van der Waals surface area contributed by atoms with E-state index < -0.39 is 45.2 Å². The molecule has 4 atom stereocenters. The van der Waals surface area contributed by atoms with E-state index in [0.717, 1.165) is 42.0 Å². The maximum Gasteiger partial charge on any atom is 0.416 e. The maximum absolute atomic E-state index is 13.4. The van der Waals surface area contributed by atoms with Gasteiger partial charge in [-0.25, -0.2) is 18.1 Å². The first-order chi connectivity index (χ1) is 17.7. The van der Waals surface area contributed by atoms with Gasteiger partial charge in [0, 0.05) is 31.2 Å². The number of nitrogens with zero attached hydrogens (tertiary/aromatic N) is 2. The Hall–Kier alpha value is -2.18. The second kappa shape index (κ2) is 11.0. The molecule has 0 bridgehead atoms. The first kappa shape index (κ1) is 31.3. The van der Waals surface area contributed by atoms with Crippen molar-refractivity contribution in [2.75, 3.05) is 19.6 Å². The molecule has 1 aliphatic heterocycles. The molecule has 8 nitrogen and oxygen atoms in total. The number of hydrogen-bond donors (Lipinski definition) is 2. The van der Waals surface area contributed by atoms with Gasteiger partial charge in [0.1, 0.15) is 0 Å². The van der Waals surface area contributed by atoms with Gasteiger partial charge in [0.2, 0.25) is 15.9 Å². The molecule has 2 N–H and O–H groups in total. The van der Waals surface area contributed by atoms with Gasteiger partial charge in [-0.3, -0.25) is 4.79 Å². The summed E-state index contributed by atoms with van der Waals surface area (Å²) >= 11 is 0. The van der Waals surface area contributed by atoms with Gasteiger partial charge in [0.25, 0.3) is 0 Å². The Morgan fingerprint density at radius 2 is 1.64 bits per heavy atom. The van der Waals surface area contributed by atoms with Crippen molar-refractivity contribution in [2.24, 2.45) is 23.2 Å². The number of fused-ring (bicyclic) bond motifs is 1. The number of imide groups is 1. The number of nitrogens with one attached hydrogen (secondary N) is 1. The van der Waals surface area contributed by atoms with Gasteiger partial charge in [0.15, 0.2) is 0 Å². The number of benzene rings is 1. The van der Waals surface area contributed by atoms with Crippen LogP contribution in [0.1, 0.15) is 66.4 Å². The standard InChI is InChI=1S/C27H40F3N3O5S/c1-25(2,3)13-18(23(34)33(24(35)36)26(4,5)6)14-31-22-12-7-17-15-32(16-21(17)22)39(37,38)20-10-8-19(9-11-20)27(28,29)30/h8-11,17-18,21-22,31H,7,12-16H2,1-6H3,(H,35,36)/t17-,18+,21+,22+/m1/s1. The molecule has 1 aliphatic carbocycles. The van der Waals surface area contributed by atoms with E-state index in [1.165, 1.54) is 4.31 Å². The molecule has 2 fully saturated rings. The number of carboxylic acid groups (broad SMARTS) is 1. The van der Waals surface area contributed by atoms with E-state index in [1.54, 1.807) is 20.8 Å². The highest BCUT2D eigenvalue weighted by molar-refractivity contribution is 7.89. The fraction of sp³-hybridized carbons (Fsp3) is 0.704. The lowest BCUT2D eigenvalue weighted by Crippen LogP contribution is -2.53. The summed E-state index contributed by atoms with van der Waals surface area (Å²) in [5.41, 5.74) is -2.05. The Morgan fingerprint density at radius 3 is 2.13 bits per heavy atom. The minimum atomic E-state index is -4.55. The molecule has 39 heavy (non-hydrogen) atoms. The van der Waals surface area contributed by atoms with E-state index in [0.29, 0.717) is 6.42 Å². The highest BCUT2D eigenvalue weighted by Crippen LogP contribution is 2.41. The van der Waals surface area contributed by atoms with Gasteiger partial charge in [0.05, 0.1) is 16.4 Å². The summed E-state index contributed by atoms with van der Waals surface area (Å²) < 4.78 is 66.5. The zero-order valence-electron chi connectivity index (χ0n) is 23.4. The smallest absolute Gasteiger partial charge is 0.416 e. The zero-order valence-corrected chi connectivity index (χ0v) is 24.2. The molecule has 1 saturated heterocycles. The van der Waals surface area contributed by atoms with E-state index >= 15 is 0 Å². The predicted octanol–water partition coefficient (Wildman–Crippen LogP) is 5.05. The largest absolute Gasteiger partial charge is 0.465 e. The molecule has 0 spiro atoms. The molecule has 12 heteroatoms. The number of rotatable bonds is 7. The Labute approximate surface area is 229 Å². The Bertz CT molecular complexity index is 1160. The van der Waals surface area contributed by atoms with Crippen LogP contribution in [0.4, 0.5) is 18.0 Å². The summed E-state index contributed by atoms with van der Waals surface area (Å²) in [5.74, 6) is -0.982. The average Bonchev–Trinajstić information content (AvgIpc) is 3.36. The van der Waals surface area contributed by atoms with Crippen molar-refractivity contribution in [3.63, 3.8) is 0 Å². The molecule has 3 rings (SSSR count). The third kappa shape index (κ3) is 7.32. The number of carbonyl (C=O) groups excluding carboxylic acids is 1. The molecule has 0 unspecified atom stereocenters. The van der Waals surface area contributed by atoms with Crippen LogP contribution in [0.5, 0.6) is 0 Å².